The van der Waals surface area contributed by atoms with E-state index >= 15 is 0 Å². The van der Waals surface area contributed by atoms with Crippen LogP contribution < -0.4 is 10.9 Å². The molecule has 0 radical (unpaired) electrons. The van der Waals surface area contributed by atoms with Gasteiger partial charge in [0.25, 0.3) is 5.91 Å². The summed E-state index contributed by atoms with van der Waals surface area (Å²) in [6, 6.07) is 7.24. The van der Waals surface area contributed by atoms with Crippen LogP contribution in [0.15, 0.2) is 41.3 Å². The van der Waals surface area contributed by atoms with Crippen molar-refractivity contribution >= 4 is 17.5 Å². The summed E-state index contributed by atoms with van der Waals surface area (Å²) in [5, 5.41) is 12.1. The Bertz CT molecular complexity index is 647. The number of phenols is 1. The molecule has 0 aliphatic carbocycles. The van der Waals surface area contributed by atoms with Gasteiger partial charge in [-0.3, -0.25) is 9.59 Å². The summed E-state index contributed by atoms with van der Waals surface area (Å²) in [5.41, 5.74) is 0.936. The Labute approximate surface area is 113 Å². The third-order valence-electron chi connectivity index (χ3n) is 2.51. The second-order valence-electron chi connectivity index (χ2n) is 3.91. The molecule has 0 aliphatic heterocycles. The summed E-state index contributed by atoms with van der Waals surface area (Å²) < 4.78 is 0. The lowest BCUT2D eigenvalue weighted by Gasteiger charge is -2.06. The standard InChI is InChI=1S/C13H11ClN2O3/c14-10-5-9(2-3-11(10)17)13(19)16-7-8-1-4-12(18)15-6-8/h1-6,17H,7H2,(H,15,18)(H,16,19). The van der Waals surface area contributed by atoms with Gasteiger partial charge in [-0.25, -0.2) is 0 Å². The number of phenolic OH excluding ortho intramolecular Hbond substituents is 1. The molecule has 1 aromatic heterocycles. The maximum absolute atomic E-state index is 11.8. The Balaban J connectivity index is 2.03. The van der Waals surface area contributed by atoms with E-state index in [1.165, 1.54) is 30.5 Å². The second kappa shape index (κ2) is 5.58. The van der Waals surface area contributed by atoms with Crippen LogP contribution in [0.3, 0.4) is 0 Å². The summed E-state index contributed by atoms with van der Waals surface area (Å²) in [5.74, 6) is -0.382. The Morgan fingerprint density at radius 1 is 1.32 bits per heavy atom. The molecule has 1 aromatic carbocycles. The molecule has 0 aliphatic rings. The van der Waals surface area contributed by atoms with E-state index in [-0.39, 0.29) is 28.8 Å². The van der Waals surface area contributed by atoms with Crippen molar-refractivity contribution in [1.29, 1.82) is 0 Å². The Kier molecular flexibility index (Phi) is 3.87. The van der Waals surface area contributed by atoms with E-state index < -0.39 is 0 Å². The lowest BCUT2D eigenvalue weighted by Crippen LogP contribution is -2.23. The van der Waals surface area contributed by atoms with Crippen LogP contribution in [0, 0.1) is 0 Å². The van der Waals surface area contributed by atoms with Crippen LogP contribution in [-0.2, 0) is 6.54 Å². The van der Waals surface area contributed by atoms with Gasteiger partial charge >= 0.3 is 0 Å². The molecule has 0 saturated carbocycles. The molecule has 19 heavy (non-hydrogen) atoms. The number of hydrogen-bond acceptors (Lipinski definition) is 3. The summed E-state index contributed by atoms with van der Waals surface area (Å²) in [6.45, 7) is 0.286. The zero-order valence-electron chi connectivity index (χ0n) is 9.81. The highest BCUT2D eigenvalue weighted by molar-refractivity contribution is 6.32. The molecule has 0 saturated heterocycles. The van der Waals surface area contributed by atoms with E-state index in [0.717, 1.165) is 5.56 Å². The van der Waals surface area contributed by atoms with Crippen molar-refractivity contribution in [2.75, 3.05) is 0 Å². The van der Waals surface area contributed by atoms with Crippen LogP contribution >= 0.6 is 11.6 Å². The number of H-pyrrole nitrogens is 1. The van der Waals surface area contributed by atoms with Gasteiger partial charge in [0.15, 0.2) is 0 Å². The minimum absolute atomic E-state index is 0.0705. The van der Waals surface area contributed by atoms with E-state index in [2.05, 4.69) is 10.3 Å². The molecule has 1 amide bonds. The van der Waals surface area contributed by atoms with Crippen LogP contribution in [0.5, 0.6) is 5.75 Å². The quantitative estimate of drug-likeness (QED) is 0.799. The Hall–Kier alpha value is -2.27. The fourth-order valence-electron chi connectivity index (χ4n) is 1.49. The summed E-state index contributed by atoms with van der Waals surface area (Å²) in [7, 11) is 0. The summed E-state index contributed by atoms with van der Waals surface area (Å²) in [6.07, 6.45) is 1.53. The molecule has 98 valence electrons. The van der Waals surface area contributed by atoms with Gasteiger partial charge in [0.05, 0.1) is 5.02 Å². The topological polar surface area (TPSA) is 82.2 Å². The first-order valence-corrected chi connectivity index (χ1v) is 5.88. The number of aromatic amines is 1. The van der Waals surface area contributed by atoms with Crippen LogP contribution in [0.4, 0.5) is 0 Å². The Morgan fingerprint density at radius 2 is 2.11 bits per heavy atom. The van der Waals surface area contributed by atoms with E-state index in [1.54, 1.807) is 6.07 Å². The van der Waals surface area contributed by atoms with Crippen molar-refractivity contribution in [2.24, 2.45) is 0 Å². The van der Waals surface area contributed by atoms with Crippen LogP contribution in [0.25, 0.3) is 0 Å². The molecule has 0 unspecified atom stereocenters. The number of carbonyl (C=O) groups is 1. The highest BCUT2D eigenvalue weighted by Gasteiger charge is 2.08. The van der Waals surface area contributed by atoms with Crippen molar-refractivity contribution in [3.05, 3.63) is 63.0 Å². The van der Waals surface area contributed by atoms with Gasteiger partial charge in [-0.2, -0.15) is 0 Å². The van der Waals surface area contributed by atoms with E-state index in [9.17, 15) is 14.7 Å². The molecular weight excluding hydrogens is 268 g/mol. The zero-order valence-corrected chi connectivity index (χ0v) is 10.6. The van der Waals surface area contributed by atoms with Gasteiger partial charge < -0.3 is 15.4 Å². The lowest BCUT2D eigenvalue weighted by molar-refractivity contribution is 0.0951. The van der Waals surface area contributed by atoms with Crippen LogP contribution in [0.2, 0.25) is 5.02 Å². The van der Waals surface area contributed by atoms with Gasteiger partial charge in [0, 0.05) is 24.4 Å². The molecular formula is C13H11ClN2O3. The first kappa shape index (κ1) is 13.2. The number of benzene rings is 1. The zero-order chi connectivity index (χ0) is 13.8. The normalized spacial score (nSPS) is 10.2. The van der Waals surface area contributed by atoms with Gasteiger partial charge in [0.1, 0.15) is 5.75 Å². The number of hydrogen-bond donors (Lipinski definition) is 3. The van der Waals surface area contributed by atoms with Crippen LogP contribution in [0.1, 0.15) is 15.9 Å². The monoisotopic (exact) mass is 278 g/mol. The van der Waals surface area contributed by atoms with Crippen molar-refractivity contribution in [3.8, 4) is 5.75 Å². The van der Waals surface area contributed by atoms with Gasteiger partial charge in [-0.05, 0) is 23.8 Å². The molecule has 5 nitrogen and oxygen atoms in total. The first-order chi connectivity index (χ1) is 9.06. The van der Waals surface area contributed by atoms with Gasteiger partial charge in [-0.15, -0.1) is 0 Å². The number of nitrogens with one attached hydrogen (secondary N) is 2. The van der Waals surface area contributed by atoms with Crippen molar-refractivity contribution in [1.82, 2.24) is 10.3 Å². The number of aromatic nitrogens is 1. The molecule has 0 fully saturated rings. The van der Waals surface area contributed by atoms with Crippen molar-refractivity contribution < 1.29 is 9.90 Å². The maximum Gasteiger partial charge on any atom is 0.251 e. The van der Waals surface area contributed by atoms with Crippen LogP contribution in [-0.4, -0.2) is 16.0 Å². The lowest BCUT2D eigenvalue weighted by atomic mass is 10.2. The highest BCUT2D eigenvalue weighted by Crippen LogP contribution is 2.23. The number of carbonyl (C=O) groups excluding carboxylic acids is 1. The molecule has 2 rings (SSSR count). The largest absolute Gasteiger partial charge is 0.506 e. The maximum atomic E-state index is 11.8. The molecule has 0 spiro atoms. The summed E-state index contributed by atoms with van der Waals surface area (Å²) in [4.78, 5) is 25.2. The number of rotatable bonds is 3. The number of amides is 1. The minimum atomic E-state index is -0.312. The number of aromatic hydroxyl groups is 1. The van der Waals surface area contributed by atoms with E-state index in [4.69, 9.17) is 11.6 Å². The third kappa shape index (κ3) is 3.35. The van der Waals surface area contributed by atoms with E-state index in [1.807, 2.05) is 0 Å². The number of halogens is 1. The molecule has 0 bridgehead atoms. The van der Waals surface area contributed by atoms with E-state index in [0.29, 0.717) is 5.56 Å². The van der Waals surface area contributed by atoms with Crippen molar-refractivity contribution in [3.63, 3.8) is 0 Å². The van der Waals surface area contributed by atoms with Gasteiger partial charge in [-0.1, -0.05) is 17.7 Å². The average molecular weight is 279 g/mol. The second-order valence-corrected chi connectivity index (χ2v) is 4.32. The smallest absolute Gasteiger partial charge is 0.251 e. The molecule has 6 heteroatoms. The molecule has 3 N–H and O–H groups in total. The minimum Gasteiger partial charge on any atom is -0.506 e. The predicted octanol–water partition coefficient (Wildman–Crippen LogP) is 1.66. The molecule has 1 heterocycles. The fourth-order valence-corrected chi connectivity index (χ4v) is 1.67. The predicted molar refractivity (Wildman–Crippen MR) is 71.3 cm³/mol. The Morgan fingerprint density at radius 3 is 2.74 bits per heavy atom. The number of pyridine rings is 1. The molecule has 2 aromatic rings. The molecule has 0 atom stereocenters. The SMILES string of the molecule is O=C(NCc1ccc(=O)[nH]c1)c1ccc(O)c(Cl)c1. The van der Waals surface area contributed by atoms with Gasteiger partial charge in [0.2, 0.25) is 5.56 Å². The summed E-state index contributed by atoms with van der Waals surface area (Å²) >= 11 is 5.72. The average Bonchev–Trinajstić information content (AvgIpc) is 2.41. The highest BCUT2D eigenvalue weighted by atomic mass is 35.5. The van der Waals surface area contributed by atoms with Crippen molar-refractivity contribution in [2.45, 2.75) is 6.54 Å². The third-order valence-corrected chi connectivity index (χ3v) is 2.81. The first-order valence-electron chi connectivity index (χ1n) is 5.50. The fraction of sp³-hybridized carbons (Fsp3) is 0.0769.